The molecule has 0 saturated heterocycles. The summed E-state index contributed by atoms with van der Waals surface area (Å²) in [5.41, 5.74) is 13.2. The summed E-state index contributed by atoms with van der Waals surface area (Å²) in [6, 6.07) is 1.88. The first kappa shape index (κ1) is 15.3. The SMILES string of the molecule is CCOC(=O)c1c(CN=C(N)N)n(C)c2cc(Br)cnc12. The van der Waals surface area contributed by atoms with Crippen molar-refractivity contribution in [3.63, 3.8) is 0 Å². The van der Waals surface area contributed by atoms with Crippen LogP contribution in [0.2, 0.25) is 0 Å². The van der Waals surface area contributed by atoms with Crippen LogP contribution in [0.3, 0.4) is 0 Å². The second-order valence-corrected chi connectivity index (χ2v) is 5.28. The van der Waals surface area contributed by atoms with Crippen molar-refractivity contribution in [2.24, 2.45) is 23.5 Å². The molecule has 8 heteroatoms. The number of nitrogens with zero attached hydrogens (tertiary/aromatic N) is 3. The summed E-state index contributed by atoms with van der Waals surface area (Å²) in [5, 5.41) is 0. The molecule has 0 aliphatic rings. The van der Waals surface area contributed by atoms with Crippen molar-refractivity contribution in [1.82, 2.24) is 9.55 Å². The van der Waals surface area contributed by atoms with E-state index in [9.17, 15) is 4.79 Å². The lowest BCUT2D eigenvalue weighted by Crippen LogP contribution is -2.23. The van der Waals surface area contributed by atoms with Crippen molar-refractivity contribution in [2.45, 2.75) is 13.5 Å². The molecule has 0 spiro atoms. The van der Waals surface area contributed by atoms with Crippen LogP contribution in [0.1, 0.15) is 23.0 Å². The molecule has 112 valence electrons. The minimum absolute atomic E-state index is 0.0378. The van der Waals surface area contributed by atoms with Gasteiger partial charge in [0.1, 0.15) is 11.1 Å². The smallest absolute Gasteiger partial charge is 0.342 e. The molecule has 0 unspecified atom stereocenters. The molecule has 0 fully saturated rings. The third kappa shape index (κ3) is 2.99. The van der Waals surface area contributed by atoms with Crippen molar-refractivity contribution >= 4 is 38.9 Å². The molecule has 0 bridgehead atoms. The number of hydrogen-bond acceptors (Lipinski definition) is 4. The Hall–Kier alpha value is -2.09. The molecule has 0 radical (unpaired) electrons. The number of rotatable bonds is 4. The van der Waals surface area contributed by atoms with Crippen LogP contribution >= 0.6 is 15.9 Å². The van der Waals surface area contributed by atoms with E-state index in [1.54, 1.807) is 13.1 Å². The van der Waals surface area contributed by atoms with E-state index in [1.807, 2.05) is 17.7 Å². The lowest BCUT2D eigenvalue weighted by molar-refractivity contribution is 0.0527. The highest BCUT2D eigenvalue weighted by Gasteiger charge is 2.23. The summed E-state index contributed by atoms with van der Waals surface area (Å²) in [7, 11) is 1.83. The number of esters is 1. The highest BCUT2D eigenvalue weighted by molar-refractivity contribution is 9.10. The Kier molecular flexibility index (Phi) is 4.46. The summed E-state index contributed by atoms with van der Waals surface area (Å²) in [4.78, 5) is 20.5. The predicted molar refractivity (Wildman–Crippen MR) is 83.9 cm³/mol. The Labute approximate surface area is 130 Å². The lowest BCUT2D eigenvalue weighted by atomic mass is 10.2. The molecule has 0 aliphatic carbocycles. The van der Waals surface area contributed by atoms with Crippen LogP contribution in [-0.4, -0.2) is 28.1 Å². The largest absolute Gasteiger partial charge is 0.462 e. The Bertz CT molecular complexity index is 719. The maximum Gasteiger partial charge on any atom is 0.342 e. The van der Waals surface area contributed by atoms with Crippen LogP contribution in [0.5, 0.6) is 0 Å². The summed E-state index contributed by atoms with van der Waals surface area (Å²) in [6.45, 7) is 2.22. The number of aliphatic imine (C=N–C) groups is 1. The first-order valence-electron chi connectivity index (χ1n) is 6.31. The van der Waals surface area contributed by atoms with Gasteiger partial charge in [-0.15, -0.1) is 0 Å². The molecular formula is C13H16BrN5O2. The number of fused-ring (bicyclic) bond motifs is 1. The van der Waals surface area contributed by atoms with Gasteiger partial charge in [-0.25, -0.2) is 9.79 Å². The highest BCUT2D eigenvalue weighted by Crippen LogP contribution is 2.27. The number of pyridine rings is 1. The zero-order valence-electron chi connectivity index (χ0n) is 11.8. The van der Waals surface area contributed by atoms with Gasteiger partial charge in [-0.2, -0.15) is 0 Å². The normalized spacial score (nSPS) is 10.6. The maximum absolute atomic E-state index is 12.2. The number of nitrogens with two attached hydrogens (primary N) is 2. The topological polar surface area (TPSA) is 109 Å². The molecule has 0 aliphatic heterocycles. The second-order valence-electron chi connectivity index (χ2n) is 4.36. The van der Waals surface area contributed by atoms with E-state index in [-0.39, 0.29) is 19.1 Å². The molecule has 0 saturated carbocycles. The van der Waals surface area contributed by atoms with Gasteiger partial charge in [0.15, 0.2) is 5.96 Å². The fourth-order valence-corrected chi connectivity index (χ4v) is 2.41. The summed E-state index contributed by atoms with van der Waals surface area (Å²) in [6.07, 6.45) is 1.63. The van der Waals surface area contributed by atoms with Gasteiger partial charge in [0.25, 0.3) is 0 Å². The van der Waals surface area contributed by atoms with E-state index in [0.29, 0.717) is 16.8 Å². The van der Waals surface area contributed by atoms with E-state index in [4.69, 9.17) is 16.2 Å². The number of aryl methyl sites for hydroxylation is 1. The molecule has 2 aromatic heterocycles. The van der Waals surface area contributed by atoms with Crippen molar-refractivity contribution in [1.29, 1.82) is 0 Å². The lowest BCUT2D eigenvalue weighted by Gasteiger charge is -2.05. The number of hydrogen-bond donors (Lipinski definition) is 2. The molecule has 4 N–H and O–H groups in total. The van der Waals surface area contributed by atoms with Crippen LogP contribution in [-0.2, 0) is 18.3 Å². The van der Waals surface area contributed by atoms with E-state index in [1.165, 1.54) is 0 Å². The maximum atomic E-state index is 12.2. The van der Waals surface area contributed by atoms with E-state index < -0.39 is 5.97 Å². The van der Waals surface area contributed by atoms with E-state index in [2.05, 4.69) is 25.9 Å². The summed E-state index contributed by atoms with van der Waals surface area (Å²) in [5.74, 6) is -0.470. The standard InChI is InChI=1S/C13H16BrN5O2/c1-3-21-12(20)10-9(6-18-13(15)16)19(2)8-4-7(14)5-17-11(8)10/h4-5H,3,6H2,1-2H3,(H4,15,16,18). The quantitative estimate of drug-likeness (QED) is 0.489. The molecule has 0 amide bonds. The number of guanidine groups is 1. The number of halogens is 1. The fourth-order valence-electron chi connectivity index (χ4n) is 2.10. The molecule has 21 heavy (non-hydrogen) atoms. The van der Waals surface area contributed by atoms with Crippen molar-refractivity contribution in [3.8, 4) is 0 Å². The first-order valence-corrected chi connectivity index (χ1v) is 7.10. The zero-order chi connectivity index (χ0) is 15.6. The Morgan fingerprint density at radius 2 is 2.24 bits per heavy atom. The average Bonchev–Trinajstić information content (AvgIpc) is 2.69. The van der Waals surface area contributed by atoms with Crippen LogP contribution in [0.25, 0.3) is 11.0 Å². The van der Waals surface area contributed by atoms with Gasteiger partial charge < -0.3 is 20.8 Å². The number of carbonyl (C=O) groups is 1. The fraction of sp³-hybridized carbons (Fsp3) is 0.308. The third-order valence-electron chi connectivity index (χ3n) is 3.02. The summed E-state index contributed by atoms with van der Waals surface area (Å²) >= 11 is 3.37. The zero-order valence-corrected chi connectivity index (χ0v) is 13.3. The second kappa shape index (κ2) is 6.13. The van der Waals surface area contributed by atoms with Crippen molar-refractivity contribution in [3.05, 3.63) is 28.0 Å². The Morgan fingerprint density at radius 1 is 1.52 bits per heavy atom. The molecule has 2 rings (SSSR count). The monoisotopic (exact) mass is 353 g/mol. The first-order chi connectivity index (χ1) is 9.95. The van der Waals surface area contributed by atoms with Crippen LogP contribution in [0, 0.1) is 0 Å². The van der Waals surface area contributed by atoms with Gasteiger partial charge >= 0.3 is 5.97 Å². The highest BCUT2D eigenvalue weighted by atomic mass is 79.9. The van der Waals surface area contributed by atoms with Gasteiger partial charge in [-0.1, -0.05) is 0 Å². The van der Waals surface area contributed by atoms with Crippen molar-refractivity contribution < 1.29 is 9.53 Å². The van der Waals surface area contributed by atoms with Gasteiger partial charge in [0, 0.05) is 17.7 Å². The van der Waals surface area contributed by atoms with Gasteiger partial charge in [-0.05, 0) is 28.9 Å². The molecule has 7 nitrogen and oxygen atoms in total. The molecule has 2 heterocycles. The Balaban J connectivity index is 2.68. The average molecular weight is 354 g/mol. The Morgan fingerprint density at radius 3 is 2.86 bits per heavy atom. The minimum Gasteiger partial charge on any atom is -0.462 e. The molecule has 2 aromatic rings. The number of aromatic nitrogens is 2. The molecular weight excluding hydrogens is 338 g/mol. The summed E-state index contributed by atoms with van der Waals surface area (Å²) < 4.78 is 7.77. The van der Waals surface area contributed by atoms with Crippen molar-refractivity contribution in [2.75, 3.05) is 6.61 Å². The van der Waals surface area contributed by atoms with Gasteiger partial charge in [-0.3, -0.25) is 4.98 Å². The predicted octanol–water partition coefficient (Wildman–Crippen LogP) is 1.29. The number of ether oxygens (including phenoxy) is 1. The number of carbonyl (C=O) groups excluding carboxylic acids is 1. The minimum atomic E-state index is -0.432. The van der Waals surface area contributed by atoms with Gasteiger partial charge in [0.05, 0.1) is 24.4 Å². The van der Waals surface area contributed by atoms with E-state index in [0.717, 1.165) is 9.99 Å². The van der Waals surface area contributed by atoms with E-state index >= 15 is 0 Å². The van der Waals surface area contributed by atoms with Crippen LogP contribution < -0.4 is 11.5 Å². The van der Waals surface area contributed by atoms with Gasteiger partial charge in [0.2, 0.25) is 0 Å². The molecule has 0 aromatic carbocycles. The van der Waals surface area contributed by atoms with Crippen LogP contribution in [0.15, 0.2) is 21.7 Å². The van der Waals surface area contributed by atoms with Crippen LogP contribution in [0.4, 0.5) is 0 Å². The third-order valence-corrected chi connectivity index (χ3v) is 3.45. The molecule has 0 atom stereocenters.